The van der Waals surface area contributed by atoms with Crippen LogP contribution in [-0.4, -0.2) is 42.0 Å². The Morgan fingerprint density at radius 2 is 1.64 bits per heavy atom. The molecular formula is C14H12N2O3S3. The molecule has 1 saturated heterocycles. The van der Waals surface area contributed by atoms with Gasteiger partial charge in [-0.1, -0.05) is 48.9 Å². The van der Waals surface area contributed by atoms with Crippen LogP contribution in [-0.2, 0) is 4.79 Å². The molecular weight excluding hydrogens is 340 g/mol. The Morgan fingerprint density at radius 3 is 2.05 bits per heavy atom. The molecule has 1 aromatic carbocycles. The molecule has 0 aliphatic carbocycles. The molecule has 2 aliphatic rings. The first-order chi connectivity index (χ1) is 10.3. The Balaban J connectivity index is 2.01. The fourth-order valence-corrected chi connectivity index (χ4v) is 4.38. The average molecular weight is 352 g/mol. The van der Waals surface area contributed by atoms with Gasteiger partial charge in [-0.05, 0) is 26.0 Å². The summed E-state index contributed by atoms with van der Waals surface area (Å²) in [6.07, 6.45) is 0. The number of imide groups is 1. The van der Waals surface area contributed by atoms with E-state index in [0.717, 1.165) is 21.0 Å². The summed E-state index contributed by atoms with van der Waals surface area (Å²) in [5.41, 5.74) is -0.293. The summed E-state index contributed by atoms with van der Waals surface area (Å²) < 4.78 is 1.41. The molecule has 0 radical (unpaired) electrons. The molecule has 2 heterocycles. The summed E-state index contributed by atoms with van der Waals surface area (Å²) >= 11 is 10.3. The Hall–Kier alpha value is -1.38. The Morgan fingerprint density at radius 1 is 1.14 bits per heavy atom. The highest BCUT2D eigenvalue weighted by molar-refractivity contribution is 8.25. The quantitative estimate of drug-likeness (QED) is 0.502. The topological polar surface area (TPSA) is 57.7 Å². The van der Waals surface area contributed by atoms with E-state index in [4.69, 9.17) is 12.2 Å². The number of thiocarbonyl (C=S) groups is 1. The van der Waals surface area contributed by atoms with Crippen LogP contribution in [0.3, 0.4) is 0 Å². The van der Waals surface area contributed by atoms with Crippen molar-refractivity contribution in [2.45, 2.75) is 24.6 Å². The maximum atomic E-state index is 12.6. The third-order valence-corrected chi connectivity index (χ3v) is 6.37. The number of carbonyl (C=O) groups is 3. The van der Waals surface area contributed by atoms with Gasteiger partial charge < -0.3 is 0 Å². The van der Waals surface area contributed by atoms with Crippen LogP contribution in [0.15, 0.2) is 24.3 Å². The van der Waals surface area contributed by atoms with Crippen molar-refractivity contribution in [3.05, 3.63) is 35.4 Å². The zero-order valence-corrected chi connectivity index (χ0v) is 14.3. The van der Waals surface area contributed by atoms with Gasteiger partial charge in [-0.25, -0.2) is 4.31 Å². The van der Waals surface area contributed by atoms with E-state index in [2.05, 4.69) is 12.8 Å². The standard InChI is InChI=1S/C14H12N2O3S3/c1-14(2,9-12(19)16(21)13(20)22-9)15-10(17)7-5-3-4-6-8(7)11(15)18/h3-6,9,21H,1-2H3. The number of hydrogen-bond acceptors (Lipinski definition) is 6. The summed E-state index contributed by atoms with van der Waals surface area (Å²) in [4.78, 5) is 38.7. The van der Waals surface area contributed by atoms with Crippen LogP contribution >= 0.6 is 36.8 Å². The molecule has 0 bridgehead atoms. The fourth-order valence-electron chi connectivity index (χ4n) is 2.68. The van der Waals surface area contributed by atoms with Gasteiger partial charge in [0.2, 0.25) is 0 Å². The second kappa shape index (κ2) is 5.07. The van der Waals surface area contributed by atoms with E-state index in [9.17, 15) is 14.4 Å². The van der Waals surface area contributed by atoms with Crippen molar-refractivity contribution in [2.75, 3.05) is 0 Å². The lowest BCUT2D eigenvalue weighted by atomic mass is 9.97. The second-order valence-corrected chi connectivity index (χ2v) is 7.70. The molecule has 1 atom stereocenters. The number of rotatable bonds is 2. The Bertz CT molecular complexity index is 697. The predicted octanol–water partition coefficient (Wildman–Crippen LogP) is 2.13. The van der Waals surface area contributed by atoms with E-state index < -0.39 is 10.8 Å². The maximum absolute atomic E-state index is 12.6. The van der Waals surface area contributed by atoms with E-state index in [-0.39, 0.29) is 17.7 Å². The van der Waals surface area contributed by atoms with Crippen LogP contribution in [0, 0.1) is 0 Å². The van der Waals surface area contributed by atoms with Crippen LogP contribution in [0.5, 0.6) is 0 Å². The van der Waals surface area contributed by atoms with Crippen LogP contribution in [0.25, 0.3) is 0 Å². The summed E-state index contributed by atoms with van der Waals surface area (Å²) in [6, 6.07) is 6.65. The molecule has 0 spiro atoms. The summed E-state index contributed by atoms with van der Waals surface area (Å²) in [6.45, 7) is 3.39. The highest BCUT2D eigenvalue weighted by Gasteiger charge is 2.53. The van der Waals surface area contributed by atoms with Gasteiger partial charge in [0.25, 0.3) is 17.7 Å². The van der Waals surface area contributed by atoms with Gasteiger partial charge >= 0.3 is 0 Å². The minimum Gasteiger partial charge on any atom is -0.272 e. The molecule has 3 rings (SSSR count). The molecule has 5 nitrogen and oxygen atoms in total. The predicted molar refractivity (Wildman–Crippen MR) is 90.8 cm³/mol. The Kier molecular flexibility index (Phi) is 3.58. The van der Waals surface area contributed by atoms with E-state index in [1.165, 1.54) is 0 Å². The first-order valence-electron chi connectivity index (χ1n) is 6.48. The molecule has 114 valence electrons. The number of nitrogens with zero attached hydrogens (tertiary/aromatic N) is 2. The lowest BCUT2D eigenvalue weighted by molar-refractivity contribution is -0.124. The lowest BCUT2D eigenvalue weighted by Gasteiger charge is -2.36. The lowest BCUT2D eigenvalue weighted by Crippen LogP contribution is -2.56. The number of thioether (sulfide) groups is 1. The van der Waals surface area contributed by atoms with Crippen molar-refractivity contribution in [3.8, 4) is 0 Å². The minimum absolute atomic E-state index is 0.320. The third-order valence-electron chi connectivity index (χ3n) is 3.84. The molecule has 8 heteroatoms. The first kappa shape index (κ1) is 15.5. The molecule has 1 fully saturated rings. The van der Waals surface area contributed by atoms with Gasteiger partial charge in [0.1, 0.15) is 5.25 Å². The number of benzene rings is 1. The van der Waals surface area contributed by atoms with E-state index in [0.29, 0.717) is 15.4 Å². The molecule has 0 aromatic heterocycles. The molecule has 0 saturated carbocycles. The van der Waals surface area contributed by atoms with E-state index in [1.54, 1.807) is 38.1 Å². The summed E-state index contributed by atoms with van der Waals surface area (Å²) in [7, 11) is 0. The number of fused-ring (bicyclic) bond motifs is 1. The van der Waals surface area contributed by atoms with Gasteiger partial charge in [0.05, 0.1) is 16.7 Å². The van der Waals surface area contributed by atoms with E-state index >= 15 is 0 Å². The number of hydrogen-bond donors (Lipinski definition) is 1. The average Bonchev–Trinajstić information content (AvgIpc) is 2.89. The summed E-state index contributed by atoms with van der Waals surface area (Å²) in [5, 5.41) is -0.667. The zero-order valence-electron chi connectivity index (χ0n) is 11.8. The molecule has 1 aromatic rings. The largest absolute Gasteiger partial charge is 0.272 e. The number of carbonyl (C=O) groups excluding carboxylic acids is 3. The van der Waals surface area contributed by atoms with Gasteiger partial charge in [0, 0.05) is 0 Å². The molecule has 22 heavy (non-hydrogen) atoms. The van der Waals surface area contributed by atoms with Crippen molar-refractivity contribution >= 4 is 58.8 Å². The number of amides is 3. The zero-order chi connectivity index (χ0) is 16.2. The molecule has 0 N–H and O–H groups in total. The number of thiol groups is 1. The monoisotopic (exact) mass is 352 g/mol. The van der Waals surface area contributed by atoms with Gasteiger partial charge in [-0.2, -0.15) is 0 Å². The molecule has 1 unspecified atom stereocenters. The first-order valence-corrected chi connectivity index (χ1v) is 8.17. The Labute approximate surface area is 142 Å². The van der Waals surface area contributed by atoms with Crippen LogP contribution in [0.2, 0.25) is 0 Å². The van der Waals surface area contributed by atoms with E-state index in [1.807, 2.05) is 0 Å². The van der Waals surface area contributed by atoms with Gasteiger partial charge in [-0.3, -0.25) is 19.3 Å². The third kappa shape index (κ3) is 2.01. The second-order valence-electron chi connectivity index (χ2n) is 5.56. The molecule has 2 aliphatic heterocycles. The maximum Gasteiger partial charge on any atom is 0.262 e. The highest BCUT2D eigenvalue weighted by atomic mass is 32.2. The summed E-state index contributed by atoms with van der Waals surface area (Å²) in [5.74, 6) is -1.09. The van der Waals surface area contributed by atoms with Crippen molar-refractivity contribution < 1.29 is 14.4 Å². The van der Waals surface area contributed by atoms with Crippen LogP contribution in [0.1, 0.15) is 34.6 Å². The SMILES string of the molecule is CC(C)(C1SC(=S)N(S)C1=O)N1C(=O)c2ccccc2C1=O. The van der Waals surface area contributed by atoms with Crippen molar-refractivity contribution in [3.63, 3.8) is 0 Å². The van der Waals surface area contributed by atoms with Gasteiger partial charge in [-0.15, -0.1) is 0 Å². The van der Waals surface area contributed by atoms with Crippen LogP contribution in [0.4, 0.5) is 0 Å². The van der Waals surface area contributed by atoms with Crippen LogP contribution < -0.4 is 0 Å². The van der Waals surface area contributed by atoms with Gasteiger partial charge in [0.15, 0.2) is 4.32 Å². The van der Waals surface area contributed by atoms with Crippen molar-refractivity contribution in [2.24, 2.45) is 0 Å². The fraction of sp³-hybridized carbons (Fsp3) is 0.286. The normalized spacial score (nSPS) is 21.9. The minimum atomic E-state index is -1.02. The van der Waals surface area contributed by atoms with Crippen molar-refractivity contribution in [1.29, 1.82) is 0 Å². The smallest absolute Gasteiger partial charge is 0.262 e. The molecule has 3 amide bonds. The highest BCUT2D eigenvalue weighted by Crippen LogP contribution is 2.41. The van der Waals surface area contributed by atoms with Crippen molar-refractivity contribution in [1.82, 2.24) is 9.21 Å².